The molecular formula is C63H120N2O7P+. The molecule has 3 atom stereocenters. The van der Waals surface area contributed by atoms with Crippen molar-refractivity contribution in [3.05, 3.63) is 48.6 Å². The van der Waals surface area contributed by atoms with Gasteiger partial charge in [-0.05, 0) is 83.1 Å². The first-order chi connectivity index (χ1) is 35.4. The molecule has 10 heteroatoms. The van der Waals surface area contributed by atoms with E-state index >= 15 is 0 Å². The number of nitrogens with one attached hydrogen (secondary N) is 1. The second kappa shape index (κ2) is 53.4. The van der Waals surface area contributed by atoms with Crippen molar-refractivity contribution < 1.29 is 37.3 Å². The molecule has 0 aliphatic heterocycles. The fourth-order valence-electron chi connectivity index (χ4n) is 8.89. The average Bonchev–Trinajstić information content (AvgIpc) is 3.35. The minimum absolute atomic E-state index is 0.0397. The molecule has 2 N–H and O–H groups in total. The van der Waals surface area contributed by atoms with Crippen molar-refractivity contribution in [2.75, 3.05) is 40.9 Å². The lowest BCUT2D eigenvalue weighted by atomic mass is 10.0. The summed E-state index contributed by atoms with van der Waals surface area (Å²) in [6.07, 6.45) is 65.5. The topological polar surface area (TPSA) is 111 Å². The van der Waals surface area contributed by atoms with Gasteiger partial charge in [0.15, 0.2) is 0 Å². The van der Waals surface area contributed by atoms with E-state index in [2.05, 4.69) is 62.5 Å². The number of quaternary nitrogens is 1. The number of phosphoric acid groups is 1. The molecule has 3 unspecified atom stereocenters. The number of unbranched alkanes of at least 4 members (excludes halogenated alkanes) is 34. The third kappa shape index (κ3) is 54.6. The summed E-state index contributed by atoms with van der Waals surface area (Å²) < 4.78 is 30.6. The van der Waals surface area contributed by atoms with Crippen LogP contribution in [0.4, 0.5) is 0 Å². The minimum Gasteiger partial charge on any atom is -0.456 e. The van der Waals surface area contributed by atoms with Gasteiger partial charge >= 0.3 is 13.8 Å². The molecule has 0 heterocycles. The summed E-state index contributed by atoms with van der Waals surface area (Å²) in [5, 5.41) is 3.05. The standard InChI is InChI=1S/C63H119N2O7P/c1-7-10-13-16-19-22-25-26-27-28-29-30-31-32-33-34-35-36-37-38-41-43-46-49-52-55-62(66)64-60(59-71-73(68,69)70-58-57-65(4,5)6)61(54-51-48-45-42-39-23-20-17-14-11-8-2)72-63(67)56-53-50-47-44-40-24-21-18-15-12-9-3/h18-19,21-22,26-27,51,54,60-61H,7-17,20,23-25,28-50,52-53,55-59H2,1-6H3,(H-,64,66,68,69)/p+1/b21-18-,22-19-,27-26-,54-51-. The number of esters is 1. The van der Waals surface area contributed by atoms with Gasteiger partial charge in [-0.15, -0.1) is 0 Å². The van der Waals surface area contributed by atoms with Crippen LogP contribution in [0.5, 0.6) is 0 Å². The summed E-state index contributed by atoms with van der Waals surface area (Å²) in [4.78, 5) is 37.6. The Morgan fingerprint density at radius 1 is 0.479 bits per heavy atom. The van der Waals surface area contributed by atoms with Crippen molar-refractivity contribution in [3.8, 4) is 0 Å². The summed E-state index contributed by atoms with van der Waals surface area (Å²) in [6, 6.07) is -0.848. The molecule has 0 spiro atoms. The second-order valence-corrected chi connectivity index (χ2v) is 23.7. The number of hydrogen-bond acceptors (Lipinski definition) is 6. The van der Waals surface area contributed by atoms with E-state index in [0.29, 0.717) is 17.4 Å². The number of ether oxygens (including phenoxy) is 1. The van der Waals surface area contributed by atoms with Crippen LogP contribution in [0.2, 0.25) is 0 Å². The molecule has 0 bridgehead atoms. The quantitative estimate of drug-likeness (QED) is 0.0205. The van der Waals surface area contributed by atoms with Gasteiger partial charge < -0.3 is 19.4 Å². The lowest BCUT2D eigenvalue weighted by Gasteiger charge is -2.27. The minimum atomic E-state index is -4.44. The van der Waals surface area contributed by atoms with Crippen LogP contribution in [0.15, 0.2) is 48.6 Å². The Labute approximate surface area is 452 Å². The van der Waals surface area contributed by atoms with Crippen molar-refractivity contribution >= 4 is 19.7 Å². The second-order valence-electron chi connectivity index (χ2n) is 22.2. The Kier molecular flexibility index (Phi) is 51.9. The molecule has 0 aliphatic rings. The molecular weight excluding hydrogens is 928 g/mol. The van der Waals surface area contributed by atoms with Gasteiger partial charge in [0.2, 0.25) is 5.91 Å². The van der Waals surface area contributed by atoms with Crippen LogP contribution in [-0.2, 0) is 27.9 Å². The number of rotatable bonds is 56. The van der Waals surface area contributed by atoms with Crippen molar-refractivity contribution in [2.45, 2.75) is 303 Å². The van der Waals surface area contributed by atoms with Crippen LogP contribution < -0.4 is 5.32 Å². The molecule has 0 aliphatic carbocycles. The van der Waals surface area contributed by atoms with Gasteiger partial charge in [0, 0.05) is 12.8 Å². The molecule has 0 aromatic rings. The number of hydrogen-bond donors (Lipinski definition) is 2. The molecule has 0 rings (SSSR count). The Morgan fingerprint density at radius 3 is 1.32 bits per heavy atom. The first-order valence-electron chi connectivity index (χ1n) is 31.0. The summed E-state index contributed by atoms with van der Waals surface area (Å²) in [5.74, 6) is -0.510. The maximum Gasteiger partial charge on any atom is 0.472 e. The summed E-state index contributed by atoms with van der Waals surface area (Å²) in [5.41, 5.74) is 0. The third-order valence-corrected chi connectivity index (χ3v) is 14.7. The van der Waals surface area contributed by atoms with Gasteiger partial charge in [-0.3, -0.25) is 18.6 Å². The van der Waals surface area contributed by atoms with E-state index in [1.807, 2.05) is 33.3 Å². The fraction of sp³-hybridized carbons (Fsp3) is 0.841. The van der Waals surface area contributed by atoms with Gasteiger partial charge in [-0.1, -0.05) is 243 Å². The monoisotopic (exact) mass is 1050 g/mol. The van der Waals surface area contributed by atoms with Gasteiger partial charge in [0.05, 0.1) is 33.8 Å². The molecule has 0 radical (unpaired) electrons. The molecule has 0 aromatic heterocycles. The number of carbonyl (C=O) groups excluding carboxylic acids is 2. The zero-order chi connectivity index (χ0) is 53.6. The van der Waals surface area contributed by atoms with Crippen molar-refractivity contribution in [1.29, 1.82) is 0 Å². The summed E-state index contributed by atoms with van der Waals surface area (Å²) in [7, 11) is 1.50. The number of amides is 1. The largest absolute Gasteiger partial charge is 0.472 e. The van der Waals surface area contributed by atoms with Crippen LogP contribution in [0, 0.1) is 0 Å². The van der Waals surface area contributed by atoms with Crippen LogP contribution in [0.25, 0.3) is 0 Å². The first kappa shape index (κ1) is 71.0. The molecule has 0 fully saturated rings. The molecule has 428 valence electrons. The SMILES string of the molecule is CCCC/C=C\CCCCCCCC(=O)OC(/C=C\CCCCCCCCCCC)C(COP(=O)(O)OCC[N+](C)(C)C)NC(=O)CCCCCCCCCCCCCCCCC/C=C\C/C=C\CCCCC. The average molecular weight is 1050 g/mol. The summed E-state index contributed by atoms with van der Waals surface area (Å²) >= 11 is 0. The normalized spacial score (nSPS) is 14.0. The fourth-order valence-corrected chi connectivity index (χ4v) is 9.63. The van der Waals surface area contributed by atoms with E-state index < -0.39 is 20.0 Å². The van der Waals surface area contributed by atoms with Gasteiger partial charge in [0.25, 0.3) is 0 Å². The van der Waals surface area contributed by atoms with E-state index in [-0.39, 0.29) is 31.5 Å². The molecule has 0 aromatic carbocycles. The number of carbonyl (C=O) groups is 2. The zero-order valence-electron chi connectivity index (χ0n) is 48.9. The predicted molar refractivity (Wildman–Crippen MR) is 314 cm³/mol. The number of allylic oxidation sites excluding steroid dienone is 7. The maximum absolute atomic E-state index is 13.5. The number of phosphoric ester groups is 1. The molecule has 0 saturated carbocycles. The van der Waals surface area contributed by atoms with E-state index in [1.165, 1.54) is 167 Å². The highest BCUT2D eigenvalue weighted by atomic mass is 31.2. The lowest BCUT2D eigenvalue weighted by molar-refractivity contribution is -0.870. The summed E-state index contributed by atoms with van der Waals surface area (Å²) in [6.45, 7) is 6.95. The Morgan fingerprint density at radius 2 is 0.849 bits per heavy atom. The molecule has 0 saturated heterocycles. The third-order valence-electron chi connectivity index (χ3n) is 13.7. The van der Waals surface area contributed by atoms with E-state index in [0.717, 1.165) is 89.9 Å². The van der Waals surface area contributed by atoms with Crippen LogP contribution in [0.1, 0.15) is 290 Å². The maximum atomic E-state index is 13.5. The van der Waals surface area contributed by atoms with Crippen LogP contribution in [-0.4, -0.2) is 74.3 Å². The van der Waals surface area contributed by atoms with Crippen LogP contribution in [0.3, 0.4) is 0 Å². The lowest BCUT2D eigenvalue weighted by Crippen LogP contribution is -2.47. The first-order valence-corrected chi connectivity index (χ1v) is 32.5. The van der Waals surface area contributed by atoms with E-state index in [4.69, 9.17) is 13.8 Å². The van der Waals surface area contributed by atoms with Crippen molar-refractivity contribution in [2.24, 2.45) is 0 Å². The highest BCUT2D eigenvalue weighted by Gasteiger charge is 2.30. The zero-order valence-corrected chi connectivity index (χ0v) is 49.8. The van der Waals surface area contributed by atoms with Crippen molar-refractivity contribution in [3.63, 3.8) is 0 Å². The molecule has 9 nitrogen and oxygen atoms in total. The van der Waals surface area contributed by atoms with E-state index in [1.54, 1.807) is 0 Å². The van der Waals surface area contributed by atoms with Gasteiger partial charge in [0.1, 0.15) is 19.3 Å². The van der Waals surface area contributed by atoms with Crippen molar-refractivity contribution in [1.82, 2.24) is 5.32 Å². The highest BCUT2D eigenvalue weighted by Crippen LogP contribution is 2.43. The highest BCUT2D eigenvalue weighted by molar-refractivity contribution is 7.47. The van der Waals surface area contributed by atoms with Gasteiger partial charge in [-0.25, -0.2) is 4.57 Å². The molecule has 1 amide bonds. The predicted octanol–water partition coefficient (Wildman–Crippen LogP) is 18.9. The molecule has 73 heavy (non-hydrogen) atoms. The Bertz CT molecular complexity index is 1390. The smallest absolute Gasteiger partial charge is 0.456 e. The Balaban J connectivity index is 5.02. The van der Waals surface area contributed by atoms with E-state index in [9.17, 15) is 19.0 Å². The van der Waals surface area contributed by atoms with Gasteiger partial charge in [-0.2, -0.15) is 0 Å². The van der Waals surface area contributed by atoms with Crippen LogP contribution >= 0.6 is 7.82 Å². The Hall–Kier alpha value is -2.03. The number of likely N-dealkylation sites (N-methyl/N-ethyl adjacent to an activating group) is 1. The number of nitrogens with zero attached hydrogens (tertiary/aromatic N) is 1.